The Morgan fingerprint density at radius 3 is 2.23 bits per heavy atom. The van der Waals surface area contributed by atoms with Crippen molar-refractivity contribution in [3.8, 4) is 0 Å². The Morgan fingerprint density at radius 2 is 1.62 bits per heavy atom. The third-order valence-electron chi connectivity index (χ3n) is 13.3. The summed E-state index contributed by atoms with van der Waals surface area (Å²) < 4.78 is 56.9. The number of aliphatic hydroxyl groups is 6. The molecule has 4 saturated carbocycles. The molecule has 17 atom stereocenters. The molecule has 5 fully saturated rings. The molecule has 278 valence electrons. The largest absolute Gasteiger partial charge is 0.397 e. The highest BCUT2D eigenvalue weighted by Gasteiger charge is 2.73. The first kappa shape index (κ1) is 38.5. The van der Waals surface area contributed by atoms with Crippen LogP contribution in [0.2, 0.25) is 0 Å². The van der Waals surface area contributed by atoms with E-state index < -0.39 is 81.6 Å². The van der Waals surface area contributed by atoms with Crippen LogP contribution in [-0.4, -0.2) is 119 Å². The summed E-state index contributed by atoms with van der Waals surface area (Å²) in [7, 11) is -3.61. The van der Waals surface area contributed by atoms with E-state index >= 15 is 0 Å². The number of rotatable bonds is 10. The lowest BCUT2D eigenvalue weighted by Gasteiger charge is -2.66. The summed E-state index contributed by atoms with van der Waals surface area (Å²) in [5, 5.41) is 66.8. The molecule has 0 aromatic rings. The third kappa shape index (κ3) is 6.67. The van der Waals surface area contributed by atoms with E-state index in [1.807, 2.05) is 39.8 Å². The fraction of sp³-hybridized carbons (Fsp3) is 0.941. The summed E-state index contributed by atoms with van der Waals surface area (Å²) >= 11 is 0. The van der Waals surface area contributed by atoms with E-state index in [9.17, 15) is 43.6 Å². The van der Waals surface area contributed by atoms with E-state index in [1.54, 1.807) is 0 Å². The van der Waals surface area contributed by atoms with Crippen molar-refractivity contribution in [2.45, 2.75) is 128 Å². The van der Waals surface area contributed by atoms with E-state index in [1.165, 1.54) is 7.11 Å². The van der Waals surface area contributed by atoms with Crippen LogP contribution in [0.3, 0.4) is 0 Å². The molecule has 4 aliphatic carbocycles. The van der Waals surface area contributed by atoms with Crippen LogP contribution in [0.15, 0.2) is 12.2 Å². The monoisotopic (exact) mass is 706 g/mol. The van der Waals surface area contributed by atoms with Crippen LogP contribution in [-0.2, 0) is 28.8 Å². The standard InChI is InChI=1S/C34H58O13S/c1-17(2)19(15-35)8-7-18(3)25-27(39)28(47-48(41,42)43)30-33(25,5)12-10-24-32(4)11-9-20(13-21(32)22(36)14-34(24,30)40)46-31-29(44-6)26(38)23(37)16-45-31/h7-8,17-31,35-40H,9-16H2,1-6H3,(H,41,42,43)/t18-,19-,20+,21?,22?,23-,24-,25+,26+,27?,28?,29-,30-,31+,32+,33-,34+/m1/s1. The number of hydrogen-bond donors (Lipinski definition) is 7. The average Bonchev–Trinajstić information content (AvgIpc) is 3.20. The van der Waals surface area contributed by atoms with E-state index in [0.29, 0.717) is 32.1 Å². The maximum Gasteiger partial charge on any atom is 0.397 e. The number of methoxy groups -OCH3 is 1. The predicted octanol–water partition coefficient (Wildman–Crippen LogP) is 1.43. The van der Waals surface area contributed by atoms with Gasteiger partial charge in [-0.15, -0.1) is 0 Å². The summed E-state index contributed by atoms with van der Waals surface area (Å²) in [4.78, 5) is 0. The van der Waals surface area contributed by atoms with E-state index in [2.05, 4.69) is 6.92 Å². The van der Waals surface area contributed by atoms with Gasteiger partial charge in [0.15, 0.2) is 6.29 Å². The Kier molecular flexibility index (Phi) is 11.2. The van der Waals surface area contributed by atoms with Crippen molar-refractivity contribution in [1.82, 2.24) is 0 Å². The fourth-order valence-corrected chi connectivity index (χ4v) is 11.5. The fourth-order valence-electron chi connectivity index (χ4n) is 11.0. The first-order valence-electron chi connectivity index (χ1n) is 17.5. The first-order valence-corrected chi connectivity index (χ1v) is 18.9. The van der Waals surface area contributed by atoms with Crippen molar-refractivity contribution in [2.24, 2.45) is 52.3 Å². The van der Waals surface area contributed by atoms with Crippen molar-refractivity contribution in [3.05, 3.63) is 12.2 Å². The molecule has 7 N–H and O–H groups in total. The van der Waals surface area contributed by atoms with Gasteiger partial charge in [-0.05, 0) is 72.5 Å². The average molecular weight is 707 g/mol. The lowest BCUT2D eigenvalue weighted by Crippen LogP contribution is -2.69. The quantitative estimate of drug-likeness (QED) is 0.0975. The lowest BCUT2D eigenvalue weighted by atomic mass is 9.42. The van der Waals surface area contributed by atoms with Crippen molar-refractivity contribution in [1.29, 1.82) is 0 Å². The maximum absolute atomic E-state index is 12.9. The summed E-state index contributed by atoms with van der Waals surface area (Å²) in [6, 6.07) is 0. The smallest absolute Gasteiger partial charge is 0.396 e. The highest BCUT2D eigenvalue weighted by atomic mass is 32.3. The maximum atomic E-state index is 12.9. The van der Waals surface area contributed by atoms with Gasteiger partial charge >= 0.3 is 10.4 Å². The number of hydrogen-bond acceptors (Lipinski definition) is 12. The minimum atomic E-state index is -5.02. The number of ether oxygens (including phenoxy) is 3. The van der Waals surface area contributed by atoms with Gasteiger partial charge in [0.25, 0.3) is 0 Å². The Labute approximate surface area is 284 Å². The highest BCUT2D eigenvalue weighted by molar-refractivity contribution is 7.80. The van der Waals surface area contributed by atoms with Gasteiger partial charge in [-0.2, -0.15) is 8.42 Å². The van der Waals surface area contributed by atoms with Crippen LogP contribution < -0.4 is 0 Å². The van der Waals surface area contributed by atoms with Crippen LogP contribution in [0.4, 0.5) is 0 Å². The van der Waals surface area contributed by atoms with Gasteiger partial charge in [0.2, 0.25) is 0 Å². The van der Waals surface area contributed by atoms with Gasteiger partial charge in [-0.1, -0.05) is 46.8 Å². The Morgan fingerprint density at radius 1 is 0.958 bits per heavy atom. The highest BCUT2D eigenvalue weighted by Crippen LogP contribution is 2.70. The molecule has 0 aromatic carbocycles. The number of fused-ring (bicyclic) bond motifs is 5. The normalized spacial score (nSPS) is 49.4. The van der Waals surface area contributed by atoms with Gasteiger partial charge < -0.3 is 44.8 Å². The van der Waals surface area contributed by atoms with Crippen molar-refractivity contribution in [2.75, 3.05) is 20.3 Å². The topological polar surface area (TPSA) is 213 Å². The van der Waals surface area contributed by atoms with Crippen LogP contribution in [0, 0.1) is 52.3 Å². The molecule has 0 bridgehead atoms. The molecule has 1 saturated heterocycles. The summed E-state index contributed by atoms with van der Waals surface area (Å²) in [6.45, 7) is 9.77. The van der Waals surface area contributed by atoms with Crippen molar-refractivity contribution >= 4 is 10.4 Å². The molecule has 0 aromatic heterocycles. The molecule has 1 heterocycles. The van der Waals surface area contributed by atoms with Gasteiger partial charge in [-0.3, -0.25) is 4.55 Å². The molecular formula is C34H58O13S. The molecule has 14 heteroatoms. The Balaban J connectivity index is 1.43. The van der Waals surface area contributed by atoms with Crippen molar-refractivity contribution in [3.63, 3.8) is 0 Å². The lowest BCUT2D eigenvalue weighted by molar-refractivity contribution is -0.303. The molecule has 0 amide bonds. The summed E-state index contributed by atoms with van der Waals surface area (Å²) in [5.74, 6) is -2.36. The second kappa shape index (κ2) is 14.0. The van der Waals surface area contributed by atoms with E-state index in [-0.39, 0.29) is 55.3 Å². The third-order valence-corrected chi connectivity index (χ3v) is 13.8. The van der Waals surface area contributed by atoms with Crippen LogP contribution in [0.1, 0.15) is 73.1 Å². The molecule has 5 aliphatic rings. The molecule has 4 unspecified atom stereocenters. The van der Waals surface area contributed by atoms with E-state index in [4.69, 9.17) is 18.4 Å². The second-order valence-electron chi connectivity index (χ2n) is 16.3. The summed E-state index contributed by atoms with van der Waals surface area (Å²) in [6.07, 6.45) is -1.75. The van der Waals surface area contributed by atoms with Gasteiger partial charge in [-0.25, -0.2) is 4.18 Å². The van der Waals surface area contributed by atoms with Crippen molar-refractivity contribution < 1.29 is 62.0 Å². The van der Waals surface area contributed by atoms with Crippen LogP contribution in [0.5, 0.6) is 0 Å². The van der Waals surface area contributed by atoms with E-state index in [0.717, 1.165) is 0 Å². The van der Waals surface area contributed by atoms with Gasteiger partial charge in [0.1, 0.15) is 24.4 Å². The van der Waals surface area contributed by atoms with Gasteiger partial charge in [0.05, 0.1) is 30.5 Å². The number of allylic oxidation sites excluding steroid dienone is 1. The van der Waals surface area contributed by atoms with Crippen LogP contribution in [0.25, 0.3) is 0 Å². The number of aliphatic hydroxyl groups excluding tert-OH is 5. The molecule has 1 aliphatic heterocycles. The minimum Gasteiger partial charge on any atom is -0.396 e. The van der Waals surface area contributed by atoms with Gasteiger partial charge in [0, 0.05) is 32.0 Å². The predicted molar refractivity (Wildman–Crippen MR) is 172 cm³/mol. The zero-order valence-electron chi connectivity index (χ0n) is 29.0. The molecule has 48 heavy (non-hydrogen) atoms. The van der Waals surface area contributed by atoms with Crippen LogP contribution >= 0.6 is 0 Å². The molecule has 0 radical (unpaired) electrons. The first-order chi connectivity index (χ1) is 22.3. The molecular weight excluding hydrogens is 648 g/mol. The SMILES string of the molecule is CO[C@H]1[C@H](O[C@H]2CC[C@@]3(C)C(C2)C(O)C[C@@]2(O)[C@@H]4C(OS(=O)(=O)O)C(O)[C@H]([C@H](C)C=C[C@H](CO)C(C)C)[C@@]4(C)CC[C@@H]23)OC[C@@H](O)[C@@H]1O. The Bertz CT molecular complexity index is 1260. The molecule has 5 rings (SSSR count). The Hall–Kier alpha value is -0.750. The minimum absolute atomic E-state index is 0.0425. The zero-order chi connectivity index (χ0) is 35.6. The zero-order valence-corrected chi connectivity index (χ0v) is 29.8. The molecule has 0 spiro atoms. The second-order valence-corrected chi connectivity index (χ2v) is 17.3. The summed E-state index contributed by atoms with van der Waals surface area (Å²) in [5.41, 5.74) is -3.03. The molecule has 13 nitrogen and oxygen atoms in total.